The quantitative estimate of drug-likeness (QED) is 0.868. The van der Waals surface area contributed by atoms with E-state index < -0.39 is 17.9 Å². The molecule has 6 heteroatoms. The highest BCUT2D eigenvalue weighted by Crippen LogP contribution is 2.10. The van der Waals surface area contributed by atoms with Crippen LogP contribution in [0.2, 0.25) is 0 Å². The maximum atomic E-state index is 12.1. The molecule has 2 N–H and O–H groups in total. The Bertz CT molecular complexity index is 646. The molecule has 0 aliphatic carbocycles. The maximum absolute atomic E-state index is 12.1. The van der Waals surface area contributed by atoms with E-state index in [1.165, 1.54) is 6.20 Å². The highest BCUT2D eigenvalue weighted by atomic mass is 79.9. The molecule has 1 aromatic heterocycles. The largest absolute Gasteiger partial charge is 0.480 e. The van der Waals surface area contributed by atoms with Crippen LogP contribution in [0.4, 0.5) is 0 Å². The van der Waals surface area contributed by atoms with Gasteiger partial charge in [0.1, 0.15) is 6.04 Å². The molecule has 0 saturated heterocycles. The number of aliphatic carboxylic acids is 1. The van der Waals surface area contributed by atoms with Crippen molar-refractivity contribution in [2.45, 2.75) is 12.5 Å². The number of carbonyl (C=O) groups is 2. The number of nitrogens with one attached hydrogen (secondary N) is 1. The van der Waals surface area contributed by atoms with Gasteiger partial charge in [-0.05, 0) is 27.6 Å². The van der Waals surface area contributed by atoms with Gasteiger partial charge in [0.05, 0.1) is 5.56 Å². The Morgan fingerprint density at radius 2 is 1.95 bits per heavy atom. The van der Waals surface area contributed by atoms with E-state index in [-0.39, 0.29) is 6.42 Å². The normalized spacial score (nSPS) is 11.7. The van der Waals surface area contributed by atoms with Crippen LogP contribution in [0.3, 0.4) is 0 Å². The molecule has 1 atom stereocenters. The molecule has 2 rings (SSSR count). The van der Waals surface area contributed by atoms with E-state index >= 15 is 0 Å². The van der Waals surface area contributed by atoms with E-state index in [1.54, 1.807) is 12.3 Å². The van der Waals surface area contributed by atoms with Crippen LogP contribution >= 0.6 is 15.9 Å². The van der Waals surface area contributed by atoms with Gasteiger partial charge in [-0.25, -0.2) is 4.79 Å². The zero-order valence-electron chi connectivity index (χ0n) is 11.0. The molecule has 2 aromatic rings. The van der Waals surface area contributed by atoms with E-state index in [1.807, 2.05) is 30.3 Å². The molecule has 0 fully saturated rings. The predicted molar refractivity (Wildman–Crippen MR) is 81.0 cm³/mol. The number of amides is 1. The van der Waals surface area contributed by atoms with Crippen molar-refractivity contribution in [2.75, 3.05) is 0 Å². The predicted octanol–water partition coefficient (Wildman–Crippen LogP) is 2.27. The number of hydrogen-bond acceptors (Lipinski definition) is 3. The summed E-state index contributed by atoms with van der Waals surface area (Å²) in [6.45, 7) is 0. The second-order valence-electron chi connectivity index (χ2n) is 4.45. The summed E-state index contributed by atoms with van der Waals surface area (Å²) in [7, 11) is 0. The van der Waals surface area contributed by atoms with Crippen molar-refractivity contribution < 1.29 is 14.7 Å². The first-order valence-corrected chi connectivity index (χ1v) is 7.03. The first kappa shape index (κ1) is 15.2. The fourth-order valence-electron chi connectivity index (χ4n) is 1.83. The van der Waals surface area contributed by atoms with Gasteiger partial charge in [0.2, 0.25) is 0 Å². The molecule has 0 spiro atoms. The van der Waals surface area contributed by atoms with Crippen molar-refractivity contribution in [3.63, 3.8) is 0 Å². The van der Waals surface area contributed by atoms with Crippen molar-refractivity contribution in [1.82, 2.24) is 10.3 Å². The Balaban J connectivity index is 2.10. The van der Waals surface area contributed by atoms with Gasteiger partial charge in [-0.3, -0.25) is 9.78 Å². The molecule has 1 heterocycles. The van der Waals surface area contributed by atoms with Gasteiger partial charge >= 0.3 is 5.97 Å². The van der Waals surface area contributed by atoms with Crippen molar-refractivity contribution >= 4 is 27.8 Å². The molecule has 0 saturated carbocycles. The first-order valence-electron chi connectivity index (χ1n) is 6.24. The average Bonchev–Trinajstić information content (AvgIpc) is 2.47. The lowest BCUT2D eigenvalue weighted by atomic mass is 10.1. The molecule has 108 valence electrons. The number of halogens is 1. The Hall–Kier alpha value is -2.21. The van der Waals surface area contributed by atoms with Crippen LogP contribution in [0.15, 0.2) is 53.3 Å². The molecule has 0 unspecified atom stereocenters. The number of carboxylic acids is 1. The molecule has 0 aliphatic rings. The van der Waals surface area contributed by atoms with E-state index in [9.17, 15) is 14.7 Å². The van der Waals surface area contributed by atoms with Crippen molar-refractivity contribution in [3.05, 3.63) is 64.4 Å². The smallest absolute Gasteiger partial charge is 0.326 e. The molecule has 0 radical (unpaired) electrons. The number of aromatic nitrogens is 1. The zero-order chi connectivity index (χ0) is 15.2. The van der Waals surface area contributed by atoms with E-state index in [4.69, 9.17) is 0 Å². The molecule has 21 heavy (non-hydrogen) atoms. The molecule has 1 amide bonds. The van der Waals surface area contributed by atoms with Crippen molar-refractivity contribution in [2.24, 2.45) is 0 Å². The lowest BCUT2D eigenvalue weighted by Crippen LogP contribution is -2.42. The van der Waals surface area contributed by atoms with E-state index in [0.29, 0.717) is 10.0 Å². The van der Waals surface area contributed by atoms with Crippen LogP contribution in [-0.4, -0.2) is 28.0 Å². The Kier molecular flexibility index (Phi) is 5.05. The van der Waals surface area contributed by atoms with Gasteiger partial charge in [0, 0.05) is 23.3 Å². The number of pyridine rings is 1. The number of rotatable bonds is 5. The topological polar surface area (TPSA) is 79.3 Å². The molecule has 1 aromatic carbocycles. The summed E-state index contributed by atoms with van der Waals surface area (Å²) in [5.41, 5.74) is 1.15. The second-order valence-corrected chi connectivity index (χ2v) is 5.36. The van der Waals surface area contributed by atoms with Crippen molar-refractivity contribution in [3.8, 4) is 0 Å². The summed E-state index contributed by atoms with van der Waals surface area (Å²) in [6, 6.07) is 9.75. The Morgan fingerprint density at radius 3 is 2.57 bits per heavy atom. The SMILES string of the molecule is O=C(N[C@@H](Cc1ccccc1)C(=O)O)c1cncc(Br)c1. The lowest BCUT2D eigenvalue weighted by Gasteiger charge is -2.14. The molecular formula is C15H13BrN2O3. The van der Waals surface area contributed by atoms with E-state index in [2.05, 4.69) is 26.2 Å². The number of carboxylic acid groups (broad SMARTS) is 1. The van der Waals surface area contributed by atoms with Crippen LogP contribution in [0.1, 0.15) is 15.9 Å². The minimum Gasteiger partial charge on any atom is -0.480 e. The second kappa shape index (κ2) is 6.99. The number of hydrogen-bond donors (Lipinski definition) is 2. The lowest BCUT2D eigenvalue weighted by molar-refractivity contribution is -0.139. The van der Waals surface area contributed by atoms with Gasteiger partial charge in [0.25, 0.3) is 5.91 Å². The standard InChI is InChI=1S/C15H13BrN2O3/c16-12-7-11(8-17-9-12)14(19)18-13(15(20)21)6-10-4-2-1-3-5-10/h1-5,7-9,13H,6H2,(H,18,19)(H,20,21)/t13-/m0/s1. The Labute approximate surface area is 130 Å². The van der Waals surface area contributed by atoms with Crippen molar-refractivity contribution in [1.29, 1.82) is 0 Å². The summed E-state index contributed by atoms with van der Waals surface area (Å²) in [5.74, 6) is -1.54. The maximum Gasteiger partial charge on any atom is 0.326 e. The first-order chi connectivity index (χ1) is 10.1. The third kappa shape index (κ3) is 4.39. The minimum absolute atomic E-state index is 0.226. The van der Waals surface area contributed by atoms with Gasteiger partial charge in [0.15, 0.2) is 0 Å². The highest BCUT2D eigenvalue weighted by Gasteiger charge is 2.21. The highest BCUT2D eigenvalue weighted by molar-refractivity contribution is 9.10. The molecule has 0 aliphatic heterocycles. The zero-order valence-corrected chi connectivity index (χ0v) is 12.6. The van der Waals surface area contributed by atoms with Crippen LogP contribution in [0.5, 0.6) is 0 Å². The third-order valence-corrected chi connectivity index (χ3v) is 3.29. The van der Waals surface area contributed by atoms with Crippen LogP contribution in [-0.2, 0) is 11.2 Å². The van der Waals surface area contributed by atoms with Gasteiger partial charge < -0.3 is 10.4 Å². The third-order valence-electron chi connectivity index (χ3n) is 2.85. The number of carbonyl (C=O) groups excluding carboxylic acids is 1. The molecule has 0 bridgehead atoms. The summed E-state index contributed by atoms with van der Waals surface area (Å²) >= 11 is 3.22. The fraction of sp³-hybridized carbons (Fsp3) is 0.133. The molecular weight excluding hydrogens is 336 g/mol. The van der Waals surface area contributed by atoms with Gasteiger partial charge in [-0.1, -0.05) is 30.3 Å². The Morgan fingerprint density at radius 1 is 1.24 bits per heavy atom. The monoisotopic (exact) mass is 348 g/mol. The number of nitrogens with zero attached hydrogens (tertiary/aromatic N) is 1. The van der Waals surface area contributed by atoms with Crippen LogP contribution in [0, 0.1) is 0 Å². The molecule has 5 nitrogen and oxygen atoms in total. The summed E-state index contributed by atoms with van der Waals surface area (Å²) in [4.78, 5) is 27.3. The number of benzene rings is 1. The van der Waals surface area contributed by atoms with Crippen LogP contribution < -0.4 is 5.32 Å². The summed E-state index contributed by atoms with van der Waals surface area (Å²) in [5, 5.41) is 11.8. The summed E-state index contributed by atoms with van der Waals surface area (Å²) < 4.78 is 0.657. The van der Waals surface area contributed by atoms with Crippen LogP contribution in [0.25, 0.3) is 0 Å². The summed E-state index contributed by atoms with van der Waals surface area (Å²) in [6.07, 6.45) is 3.17. The fourth-order valence-corrected chi connectivity index (χ4v) is 2.19. The minimum atomic E-state index is -1.07. The van der Waals surface area contributed by atoms with E-state index in [0.717, 1.165) is 5.56 Å². The average molecular weight is 349 g/mol. The van der Waals surface area contributed by atoms with Gasteiger partial charge in [-0.15, -0.1) is 0 Å². The van der Waals surface area contributed by atoms with Gasteiger partial charge in [-0.2, -0.15) is 0 Å².